The maximum absolute atomic E-state index is 11.9. The molecular weight excluding hydrogens is 223 g/mol. The van der Waals surface area contributed by atoms with Gasteiger partial charge in [0.2, 0.25) is 5.88 Å². The number of nitrogens with zero attached hydrogens (tertiary/aromatic N) is 1. The Morgan fingerprint density at radius 2 is 2.12 bits per heavy atom. The van der Waals surface area contributed by atoms with Gasteiger partial charge >= 0.3 is 6.18 Å². The van der Waals surface area contributed by atoms with E-state index in [4.69, 9.17) is 4.74 Å². The number of aromatic nitrogens is 1. The van der Waals surface area contributed by atoms with E-state index in [0.717, 1.165) is 0 Å². The van der Waals surface area contributed by atoms with Gasteiger partial charge in [0.15, 0.2) is 0 Å². The van der Waals surface area contributed by atoms with Crippen LogP contribution >= 0.6 is 0 Å². The van der Waals surface area contributed by atoms with Crippen LogP contribution in [0.3, 0.4) is 0 Å². The van der Waals surface area contributed by atoms with E-state index < -0.39 is 18.7 Å². The van der Waals surface area contributed by atoms with Crippen molar-refractivity contribution in [1.82, 2.24) is 4.98 Å². The lowest BCUT2D eigenvalue weighted by molar-refractivity contribution is -0.140. The van der Waals surface area contributed by atoms with Gasteiger partial charge in [-0.3, -0.25) is 0 Å². The smallest absolute Gasteiger partial charge is 0.389 e. The van der Waals surface area contributed by atoms with E-state index in [0.29, 0.717) is 11.4 Å². The van der Waals surface area contributed by atoms with Crippen molar-refractivity contribution in [3.63, 3.8) is 0 Å². The molecule has 0 aromatic carbocycles. The Bertz CT molecular complexity index is 324. The van der Waals surface area contributed by atoms with Crippen molar-refractivity contribution in [2.45, 2.75) is 25.1 Å². The molecule has 1 atom stereocenters. The molecule has 0 radical (unpaired) electrons. The maximum Gasteiger partial charge on any atom is 0.389 e. The number of alkyl halides is 3. The van der Waals surface area contributed by atoms with Crippen LogP contribution < -0.4 is 4.74 Å². The van der Waals surface area contributed by atoms with Crippen LogP contribution in [0, 0.1) is 0 Å². The third-order valence-electron chi connectivity index (χ3n) is 2.05. The predicted molar refractivity (Wildman–Crippen MR) is 51.0 cm³/mol. The first-order valence-electron chi connectivity index (χ1n) is 4.67. The third kappa shape index (κ3) is 4.06. The van der Waals surface area contributed by atoms with Crippen molar-refractivity contribution in [1.29, 1.82) is 0 Å². The van der Waals surface area contributed by atoms with Gasteiger partial charge < -0.3 is 9.84 Å². The van der Waals surface area contributed by atoms with Crippen molar-refractivity contribution >= 4 is 0 Å². The molecule has 0 aliphatic heterocycles. The van der Waals surface area contributed by atoms with E-state index in [2.05, 4.69) is 4.98 Å². The lowest BCUT2D eigenvalue weighted by atomic mass is 10.1. The summed E-state index contributed by atoms with van der Waals surface area (Å²) in [6.45, 7) is 0. The van der Waals surface area contributed by atoms with Crippen LogP contribution in [0.15, 0.2) is 18.3 Å². The van der Waals surface area contributed by atoms with Crippen LogP contribution in [0.25, 0.3) is 0 Å². The Kier molecular flexibility index (Phi) is 4.12. The highest BCUT2D eigenvalue weighted by Gasteiger charge is 2.28. The van der Waals surface area contributed by atoms with E-state index in [-0.39, 0.29) is 6.42 Å². The largest absolute Gasteiger partial charge is 0.481 e. The molecule has 0 bridgehead atoms. The Morgan fingerprint density at radius 3 is 2.56 bits per heavy atom. The monoisotopic (exact) mass is 235 g/mol. The molecule has 1 heterocycles. The highest BCUT2D eigenvalue weighted by Crippen LogP contribution is 2.27. The number of pyridine rings is 1. The van der Waals surface area contributed by atoms with Crippen molar-refractivity contribution in [3.05, 3.63) is 23.9 Å². The van der Waals surface area contributed by atoms with Gasteiger partial charge in [0.25, 0.3) is 0 Å². The second-order valence-corrected chi connectivity index (χ2v) is 3.30. The summed E-state index contributed by atoms with van der Waals surface area (Å²) in [5.41, 5.74) is 0.352. The molecule has 1 aromatic rings. The molecule has 90 valence electrons. The molecule has 0 spiro atoms. The van der Waals surface area contributed by atoms with Crippen molar-refractivity contribution < 1.29 is 23.0 Å². The number of halogens is 3. The Balaban J connectivity index is 2.56. The standard InChI is InChI=1S/C10H12F3NO2/c1-16-9-3-2-7(6-14-9)8(15)4-5-10(11,12)13/h2-3,6,8,15H,4-5H2,1H3. The molecule has 0 saturated heterocycles. The number of aliphatic hydroxyl groups is 1. The number of hydrogen-bond donors (Lipinski definition) is 1. The zero-order valence-corrected chi connectivity index (χ0v) is 8.66. The zero-order chi connectivity index (χ0) is 12.2. The summed E-state index contributed by atoms with van der Waals surface area (Å²) in [7, 11) is 1.43. The fourth-order valence-corrected chi connectivity index (χ4v) is 1.18. The predicted octanol–water partition coefficient (Wildman–Crippen LogP) is 2.47. The number of ether oxygens (including phenoxy) is 1. The van der Waals surface area contributed by atoms with Crippen LogP contribution in [0.5, 0.6) is 5.88 Å². The average Bonchev–Trinajstić information content (AvgIpc) is 2.25. The van der Waals surface area contributed by atoms with Gasteiger partial charge in [-0.25, -0.2) is 4.98 Å². The van der Waals surface area contributed by atoms with Crippen LogP contribution in [0.4, 0.5) is 13.2 Å². The highest BCUT2D eigenvalue weighted by atomic mass is 19.4. The van der Waals surface area contributed by atoms with E-state index in [1.165, 1.54) is 25.4 Å². The Morgan fingerprint density at radius 1 is 1.44 bits per heavy atom. The van der Waals surface area contributed by atoms with E-state index >= 15 is 0 Å². The number of aliphatic hydroxyl groups excluding tert-OH is 1. The van der Waals surface area contributed by atoms with Crippen molar-refractivity contribution in [3.8, 4) is 5.88 Å². The minimum atomic E-state index is -4.25. The van der Waals surface area contributed by atoms with Crippen molar-refractivity contribution in [2.75, 3.05) is 7.11 Å². The first kappa shape index (κ1) is 12.8. The van der Waals surface area contributed by atoms with Gasteiger partial charge in [-0.1, -0.05) is 0 Å². The quantitative estimate of drug-likeness (QED) is 0.871. The first-order valence-corrected chi connectivity index (χ1v) is 4.67. The summed E-state index contributed by atoms with van der Waals surface area (Å²) in [4.78, 5) is 3.80. The van der Waals surface area contributed by atoms with Crippen LogP contribution in [0.1, 0.15) is 24.5 Å². The summed E-state index contributed by atoms with van der Waals surface area (Å²) in [5, 5.41) is 9.47. The summed E-state index contributed by atoms with van der Waals surface area (Å²) < 4.78 is 40.5. The normalized spacial score (nSPS) is 13.6. The minimum absolute atomic E-state index is 0.352. The fraction of sp³-hybridized carbons (Fsp3) is 0.500. The Labute approximate surface area is 90.9 Å². The summed E-state index contributed by atoms with van der Waals surface area (Å²) in [6, 6.07) is 2.99. The number of methoxy groups -OCH3 is 1. The lowest BCUT2D eigenvalue weighted by Crippen LogP contribution is -2.10. The minimum Gasteiger partial charge on any atom is -0.481 e. The molecule has 0 aliphatic rings. The second-order valence-electron chi connectivity index (χ2n) is 3.30. The van der Waals surface area contributed by atoms with Gasteiger partial charge in [-0.05, 0) is 18.1 Å². The molecule has 0 saturated carbocycles. The third-order valence-corrected chi connectivity index (χ3v) is 2.05. The van der Waals surface area contributed by atoms with Crippen LogP contribution in [-0.2, 0) is 0 Å². The SMILES string of the molecule is COc1ccc(C(O)CCC(F)(F)F)cn1. The highest BCUT2D eigenvalue weighted by molar-refractivity contribution is 5.19. The van der Waals surface area contributed by atoms with Gasteiger partial charge in [-0.15, -0.1) is 0 Å². The topological polar surface area (TPSA) is 42.4 Å². The van der Waals surface area contributed by atoms with Crippen molar-refractivity contribution in [2.24, 2.45) is 0 Å². The van der Waals surface area contributed by atoms with Gasteiger partial charge in [0.05, 0.1) is 13.2 Å². The molecule has 1 N–H and O–H groups in total. The Hall–Kier alpha value is -1.30. The van der Waals surface area contributed by atoms with Gasteiger partial charge in [0.1, 0.15) is 0 Å². The average molecular weight is 235 g/mol. The van der Waals surface area contributed by atoms with E-state index in [1.807, 2.05) is 0 Å². The van der Waals surface area contributed by atoms with Gasteiger partial charge in [0, 0.05) is 18.7 Å². The number of rotatable bonds is 4. The molecule has 0 amide bonds. The lowest BCUT2D eigenvalue weighted by Gasteiger charge is -2.12. The molecule has 16 heavy (non-hydrogen) atoms. The zero-order valence-electron chi connectivity index (χ0n) is 8.66. The molecule has 1 unspecified atom stereocenters. The molecule has 1 rings (SSSR count). The molecule has 6 heteroatoms. The van der Waals surface area contributed by atoms with E-state index in [9.17, 15) is 18.3 Å². The van der Waals surface area contributed by atoms with E-state index in [1.54, 1.807) is 0 Å². The summed E-state index contributed by atoms with van der Waals surface area (Å²) in [6.07, 6.45) is -5.47. The first-order chi connectivity index (χ1) is 7.42. The molecular formula is C10H12F3NO2. The van der Waals surface area contributed by atoms with Gasteiger partial charge in [-0.2, -0.15) is 13.2 Å². The maximum atomic E-state index is 11.9. The second kappa shape index (κ2) is 5.16. The molecule has 0 fully saturated rings. The number of hydrogen-bond acceptors (Lipinski definition) is 3. The molecule has 3 nitrogen and oxygen atoms in total. The van der Waals surface area contributed by atoms with Crippen LogP contribution in [0.2, 0.25) is 0 Å². The molecule has 1 aromatic heterocycles. The molecule has 0 aliphatic carbocycles. The summed E-state index contributed by atoms with van der Waals surface area (Å²) in [5.74, 6) is 0.353. The summed E-state index contributed by atoms with van der Waals surface area (Å²) >= 11 is 0. The fourth-order valence-electron chi connectivity index (χ4n) is 1.18. The van der Waals surface area contributed by atoms with Crippen LogP contribution in [-0.4, -0.2) is 23.4 Å².